The number of nitrogens with zero attached hydrogens (tertiary/aromatic N) is 1. The van der Waals surface area contributed by atoms with Crippen molar-refractivity contribution in [2.45, 2.75) is 13.8 Å². The molecule has 84 valence electrons. The van der Waals surface area contributed by atoms with Crippen molar-refractivity contribution in [1.29, 1.82) is 0 Å². The van der Waals surface area contributed by atoms with Gasteiger partial charge in [-0.25, -0.2) is 4.79 Å². The molecule has 1 aliphatic rings. The zero-order valence-corrected chi connectivity index (χ0v) is 9.93. The lowest BCUT2D eigenvalue weighted by atomic mass is 10.3. The number of imide groups is 1. The summed E-state index contributed by atoms with van der Waals surface area (Å²) < 4.78 is 0. The average Bonchev–Trinajstić information content (AvgIpc) is 2.74. The van der Waals surface area contributed by atoms with Gasteiger partial charge >= 0.3 is 6.03 Å². The Morgan fingerprint density at radius 2 is 2.19 bits per heavy atom. The Balaban J connectivity index is 2.27. The molecule has 0 spiro atoms. The molecule has 5 heteroatoms. The van der Waals surface area contributed by atoms with Crippen LogP contribution in [0, 0.1) is 6.92 Å². The van der Waals surface area contributed by atoms with Gasteiger partial charge in [0, 0.05) is 16.3 Å². The van der Waals surface area contributed by atoms with Crippen molar-refractivity contribution >= 4 is 29.4 Å². The van der Waals surface area contributed by atoms with E-state index in [2.05, 4.69) is 5.32 Å². The van der Waals surface area contributed by atoms with E-state index >= 15 is 0 Å². The number of aryl methyl sites for hydroxylation is 1. The van der Waals surface area contributed by atoms with Crippen molar-refractivity contribution in [1.82, 2.24) is 10.2 Å². The molecule has 0 unspecified atom stereocenters. The second-order valence-corrected chi connectivity index (χ2v) is 4.81. The third kappa shape index (κ3) is 1.86. The summed E-state index contributed by atoms with van der Waals surface area (Å²) >= 11 is 1.59. The smallest absolute Gasteiger partial charge is 0.303 e. The maximum absolute atomic E-state index is 11.7. The van der Waals surface area contributed by atoms with Crippen LogP contribution in [0.25, 0.3) is 6.08 Å². The quantitative estimate of drug-likeness (QED) is 0.630. The Hall–Kier alpha value is -1.62. The van der Waals surface area contributed by atoms with E-state index in [0.717, 1.165) is 4.88 Å². The number of carbonyl (C=O) groups excluding carboxylic acids is 2. The van der Waals surface area contributed by atoms with E-state index in [-0.39, 0.29) is 11.9 Å². The minimum atomic E-state index is -0.341. The van der Waals surface area contributed by atoms with Gasteiger partial charge < -0.3 is 5.32 Å². The number of rotatable bonds is 2. The lowest BCUT2D eigenvalue weighted by Gasteiger charge is -2.05. The summed E-state index contributed by atoms with van der Waals surface area (Å²) in [5.74, 6) is -0.251. The van der Waals surface area contributed by atoms with Gasteiger partial charge in [0.25, 0.3) is 5.91 Å². The lowest BCUT2D eigenvalue weighted by molar-refractivity contribution is -0.122. The minimum Gasteiger partial charge on any atom is -0.303 e. The first-order valence-electron chi connectivity index (χ1n) is 5.03. The van der Waals surface area contributed by atoms with Crippen LogP contribution in [0.4, 0.5) is 4.79 Å². The predicted molar refractivity (Wildman–Crippen MR) is 63.0 cm³/mol. The SMILES string of the molecule is CCN1C(=O)NC(=Cc2ccc(C)s2)C1=O. The summed E-state index contributed by atoms with van der Waals surface area (Å²) in [6.07, 6.45) is 1.72. The van der Waals surface area contributed by atoms with E-state index in [0.29, 0.717) is 12.2 Å². The molecule has 1 saturated heterocycles. The van der Waals surface area contributed by atoms with Gasteiger partial charge in [-0.1, -0.05) is 0 Å². The van der Waals surface area contributed by atoms with E-state index in [4.69, 9.17) is 0 Å². The largest absolute Gasteiger partial charge is 0.328 e. The molecular formula is C11H12N2O2S. The van der Waals surface area contributed by atoms with E-state index in [1.807, 2.05) is 19.1 Å². The lowest BCUT2D eigenvalue weighted by Crippen LogP contribution is -2.30. The summed E-state index contributed by atoms with van der Waals surface area (Å²) in [5, 5.41) is 2.57. The highest BCUT2D eigenvalue weighted by Crippen LogP contribution is 2.20. The maximum Gasteiger partial charge on any atom is 0.328 e. The molecule has 1 fully saturated rings. The van der Waals surface area contributed by atoms with E-state index < -0.39 is 0 Å². The molecule has 0 radical (unpaired) electrons. The number of amides is 3. The third-order valence-corrected chi connectivity index (χ3v) is 3.27. The average molecular weight is 236 g/mol. The Kier molecular flexibility index (Phi) is 2.78. The van der Waals surface area contributed by atoms with Gasteiger partial charge in [0.05, 0.1) is 0 Å². The second kappa shape index (κ2) is 4.09. The van der Waals surface area contributed by atoms with E-state index in [1.54, 1.807) is 24.3 Å². The Labute approximate surface area is 97.6 Å². The predicted octanol–water partition coefficient (Wildman–Crippen LogP) is 1.97. The number of nitrogens with one attached hydrogen (secondary N) is 1. The van der Waals surface area contributed by atoms with Crippen LogP contribution in [0.1, 0.15) is 16.7 Å². The molecule has 1 aromatic heterocycles. The van der Waals surface area contributed by atoms with Crippen molar-refractivity contribution in [3.8, 4) is 0 Å². The molecule has 0 saturated carbocycles. The molecule has 1 aliphatic heterocycles. The first kappa shape index (κ1) is 10.9. The van der Waals surface area contributed by atoms with Gasteiger partial charge in [-0.15, -0.1) is 11.3 Å². The van der Waals surface area contributed by atoms with Crippen LogP contribution in [0.15, 0.2) is 17.8 Å². The molecule has 0 atom stereocenters. The molecule has 3 amide bonds. The Morgan fingerprint density at radius 3 is 2.69 bits per heavy atom. The van der Waals surface area contributed by atoms with Crippen LogP contribution >= 0.6 is 11.3 Å². The summed E-state index contributed by atoms with van der Waals surface area (Å²) in [6, 6.07) is 3.57. The molecule has 0 bridgehead atoms. The molecule has 2 heterocycles. The van der Waals surface area contributed by atoms with Crippen LogP contribution in [-0.4, -0.2) is 23.4 Å². The molecule has 4 nitrogen and oxygen atoms in total. The van der Waals surface area contributed by atoms with Gasteiger partial charge in [-0.3, -0.25) is 9.69 Å². The second-order valence-electron chi connectivity index (χ2n) is 3.49. The molecule has 1 N–H and O–H groups in total. The number of urea groups is 1. The van der Waals surface area contributed by atoms with Crippen molar-refractivity contribution in [3.63, 3.8) is 0 Å². The number of hydrogen-bond acceptors (Lipinski definition) is 3. The van der Waals surface area contributed by atoms with E-state index in [1.165, 1.54) is 9.78 Å². The molecule has 0 aromatic carbocycles. The molecule has 0 aliphatic carbocycles. The van der Waals surface area contributed by atoms with Gasteiger partial charge in [0.15, 0.2) is 0 Å². The van der Waals surface area contributed by atoms with Crippen molar-refractivity contribution in [2.24, 2.45) is 0 Å². The summed E-state index contributed by atoms with van der Waals surface area (Å²) in [6.45, 7) is 4.17. The Morgan fingerprint density at radius 1 is 1.44 bits per heavy atom. The van der Waals surface area contributed by atoms with Crippen molar-refractivity contribution < 1.29 is 9.59 Å². The van der Waals surface area contributed by atoms with Crippen LogP contribution in [0.2, 0.25) is 0 Å². The highest BCUT2D eigenvalue weighted by Gasteiger charge is 2.31. The highest BCUT2D eigenvalue weighted by molar-refractivity contribution is 7.12. The van der Waals surface area contributed by atoms with Crippen molar-refractivity contribution in [2.75, 3.05) is 6.54 Å². The minimum absolute atomic E-state index is 0.251. The molecule has 16 heavy (non-hydrogen) atoms. The van der Waals surface area contributed by atoms with Gasteiger partial charge in [-0.05, 0) is 32.1 Å². The summed E-state index contributed by atoms with van der Waals surface area (Å²) in [7, 11) is 0. The topological polar surface area (TPSA) is 49.4 Å². The normalized spacial score (nSPS) is 18.4. The van der Waals surface area contributed by atoms with Gasteiger partial charge in [-0.2, -0.15) is 0 Å². The number of likely N-dealkylation sites (N-methyl/N-ethyl adjacent to an activating group) is 1. The van der Waals surface area contributed by atoms with Gasteiger partial charge in [0.1, 0.15) is 5.70 Å². The van der Waals surface area contributed by atoms with E-state index in [9.17, 15) is 9.59 Å². The zero-order chi connectivity index (χ0) is 11.7. The van der Waals surface area contributed by atoms with Crippen LogP contribution in [-0.2, 0) is 4.79 Å². The summed E-state index contributed by atoms with van der Waals surface area (Å²) in [5.41, 5.74) is 0.355. The molecular weight excluding hydrogens is 224 g/mol. The van der Waals surface area contributed by atoms with Crippen LogP contribution in [0.3, 0.4) is 0 Å². The first-order valence-corrected chi connectivity index (χ1v) is 5.84. The standard InChI is InChI=1S/C11H12N2O2S/c1-3-13-10(14)9(12-11(13)15)6-8-5-4-7(2)16-8/h4-6H,3H2,1-2H3,(H,12,15). The fraction of sp³-hybridized carbons (Fsp3) is 0.273. The number of hydrogen-bond donors (Lipinski definition) is 1. The fourth-order valence-electron chi connectivity index (χ4n) is 1.53. The molecule has 2 rings (SSSR count). The van der Waals surface area contributed by atoms with Crippen LogP contribution < -0.4 is 5.32 Å². The zero-order valence-electron chi connectivity index (χ0n) is 9.11. The summed E-state index contributed by atoms with van der Waals surface area (Å²) in [4.78, 5) is 26.5. The first-order chi connectivity index (χ1) is 7.61. The van der Waals surface area contributed by atoms with Crippen molar-refractivity contribution in [3.05, 3.63) is 27.6 Å². The number of thiophene rings is 1. The van der Waals surface area contributed by atoms with Gasteiger partial charge in [0.2, 0.25) is 0 Å². The number of carbonyl (C=O) groups is 2. The van der Waals surface area contributed by atoms with Crippen LogP contribution in [0.5, 0.6) is 0 Å². The molecule has 1 aromatic rings. The maximum atomic E-state index is 11.7. The highest BCUT2D eigenvalue weighted by atomic mass is 32.1. The Bertz CT molecular complexity index is 476. The third-order valence-electron chi connectivity index (χ3n) is 2.33. The fourth-order valence-corrected chi connectivity index (χ4v) is 2.35. The monoisotopic (exact) mass is 236 g/mol.